The molecule has 0 aliphatic rings. The summed E-state index contributed by atoms with van der Waals surface area (Å²) in [5.41, 5.74) is 2.55. The van der Waals surface area contributed by atoms with Crippen molar-refractivity contribution in [1.29, 1.82) is 0 Å². The quantitative estimate of drug-likeness (QED) is 0.181. The van der Waals surface area contributed by atoms with Crippen LogP contribution < -0.4 is 0 Å². The maximum Gasteiger partial charge on any atom is 0.192 e. The zero-order chi connectivity index (χ0) is 26.0. The fourth-order valence-electron chi connectivity index (χ4n) is 5.31. The molecule has 36 heavy (non-hydrogen) atoms. The zero-order valence-corrected chi connectivity index (χ0v) is 23.7. The average molecular weight is 505 g/mol. The number of ether oxygens (including phenoxy) is 1. The van der Waals surface area contributed by atoms with Gasteiger partial charge in [0, 0.05) is 18.4 Å². The summed E-state index contributed by atoms with van der Waals surface area (Å²) in [6.45, 7) is 11.7. The van der Waals surface area contributed by atoms with Crippen LogP contribution in [-0.4, -0.2) is 32.7 Å². The second-order valence-corrected chi connectivity index (χ2v) is 14.8. The van der Waals surface area contributed by atoms with Gasteiger partial charge in [0.05, 0.1) is 12.7 Å². The molecule has 0 amide bonds. The van der Waals surface area contributed by atoms with Crippen molar-refractivity contribution < 1.29 is 14.3 Å². The van der Waals surface area contributed by atoms with E-state index in [0.29, 0.717) is 6.61 Å². The predicted molar refractivity (Wildman–Crippen MR) is 153 cm³/mol. The second kappa shape index (κ2) is 13.3. The minimum absolute atomic E-state index is 0.0414. The first-order valence-electron chi connectivity index (χ1n) is 13.6. The smallest absolute Gasteiger partial charge is 0.192 e. The summed E-state index contributed by atoms with van der Waals surface area (Å²) in [5.74, 6) is 0.152. The molecule has 1 N–H and O–H groups in total. The molecule has 3 aromatic rings. The molecule has 0 saturated carbocycles. The van der Waals surface area contributed by atoms with E-state index < -0.39 is 13.9 Å². The Morgan fingerprint density at radius 2 is 1.06 bits per heavy atom. The van der Waals surface area contributed by atoms with E-state index in [0.717, 1.165) is 34.8 Å². The Kier molecular flexibility index (Phi) is 10.5. The number of hydrogen-bond acceptors (Lipinski definition) is 3. The summed E-state index contributed by atoms with van der Waals surface area (Å²) in [6.07, 6.45) is -0.0541. The summed E-state index contributed by atoms with van der Waals surface area (Å²) in [7, 11) is -1.86. The number of aliphatic hydroxyl groups excluding tert-OH is 1. The molecule has 194 valence electrons. The molecule has 0 unspecified atom stereocenters. The van der Waals surface area contributed by atoms with Crippen molar-refractivity contribution in [2.75, 3.05) is 13.2 Å². The maximum atomic E-state index is 10.1. The Morgan fingerprint density at radius 3 is 1.39 bits per heavy atom. The highest BCUT2D eigenvalue weighted by atomic mass is 28.4. The molecule has 0 aromatic heterocycles. The lowest BCUT2D eigenvalue weighted by atomic mass is 9.80. The molecule has 0 spiro atoms. The molecule has 3 rings (SSSR count). The van der Waals surface area contributed by atoms with Crippen LogP contribution in [0.4, 0.5) is 0 Å². The van der Waals surface area contributed by atoms with Crippen LogP contribution in [0, 0.1) is 11.8 Å². The number of rotatable bonds is 14. The fourth-order valence-corrected chi connectivity index (χ4v) is 8.35. The van der Waals surface area contributed by atoms with Gasteiger partial charge < -0.3 is 14.3 Å². The van der Waals surface area contributed by atoms with E-state index in [1.807, 2.05) is 18.2 Å². The van der Waals surface area contributed by atoms with Crippen molar-refractivity contribution in [3.05, 3.63) is 108 Å². The third-order valence-electron chi connectivity index (χ3n) is 7.83. The molecular formula is C32H44O3Si. The first-order chi connectivity index (χ1) is 17.5. The first-order valence-corrected chi connectivity index (χ1v) is 16.1. The van der Waals surface area contributed by atoms with Crippen molar-refractivity contribution in [3.8, 4) is 0 Å². The number of benzene rings is 3. The van der Waals surface area contributed by atoms with Crippen LogP contribution in [0.25, 0.3) is 0 Å². The lowest BCUT2D eigenvalue weighted by molar-refractivity contribution is -0.0453. The molecular weight excluding hydrogens is 460 g/mol. The van der Waals surface area contributed by atoms with E-state index in [9.17, 15) is 5.11 Å². The Bertz CT molecular complexity index is 900. The number of hydrogen-bond donors (Lipinski definition) is 1. The van der Waals surface area contributed by atoms with Crippen molar-refractivity contribution in [1.82, 2.24) is 0 Å². The van der Waals surface area contributed by atoms with Crippen LogP contribution in [-0.2, 0) is 14.8 Å². The third kappa shape index (κ3) is 6.17. The van der Waals surface area contributed by atoms with E-state index in [-0.39, 0.29) is 24.5 Å². The maximum absolute atomic E-state index is 10.1. The van der Waals surface area contributed by atoms with Gasteiger partial charge in [-0.1, -0.05) is 126 Å². The van der Waals surface area contributed by atoms with E-state index in [1.54, 1.807) is 0 Å². The van der Waals surface area contributed by atoms with Gasteiger partial charge in [0.25, 0.3) is 0 Å². The van der Waals surface area contributed by atoms with Crippen LogP contribution >= 0.6 is 0 Å². The van der Waals surface area contributed by atoms with Gasteiger partial charge in [-0.3, -0.25) is 0 Å². The van der Waals surface area contributed by atoms with Crippen LogP contribution in [0.3, 0.4) is 0 Å². The van der Waals surface area contributed by atoms with Gasteiger partial charge >= 0.3 is 0 Å². The Labute approximate surface area is 219 Å². The minimum atomic E-state index is -1.86. The molecule has 0 bridgehead atoms. The normalized spacial score (nSPS) is 14.8. The Morgan fingerprint density at radius 1 is 0.667 bits per heavy atom. The summed E-state index contributed by atoms with van der Waals surface area (Å²) in [6, 6.07) is 34.8. The van der Waals surface area contributed by atoms with Gasteiger partial charge in [-0.25, -0.2) is 0 Å². The van der Waals surface area contributed by atoms with Gasteiger partial charge in [-0.15, -0.1) is 0 Å². The monoisotopic (exact) mass is 504 g/mol. The second-order valence-electron chi connectivity index (χ2n) is 10.1. The molecule has 3 nitrogen and oxygen atoms in total. The fraction of sp³-hybridized carbons (Fsp3) is 0.438. The highest BCUT2D eigenvalue weighted by Crippen LogP contribution is 2.41. The van der Waals surface area contributed by atoms with E-state index in [1.165, 1.54) is 0 Å². The molecule has 0 aliphatic heterocycles. The van der Waals surface area contributed by atoms with Crippen LogP contribution in [0.1, 0.15) is 51.3 Å². The molecule has 3 atom stereocenters. The van der Waals surface area contributed by atoms with Crippen molar-refractivity contribution in [2.45, 2.75) is 64.5 Å². The predicted octanol–water partition coefficient (Wildman–Crippen LogP) is 7.65. The zero-order valence-electron chi connectivity index (χ0n) is 22.7. The summed E-state index contributed by atoms with van der Waals surface area (Å²) < 4.78 is 14.1. The van der Waals surface area contributed by atoms with Gasteiger partial charge in [-0.05, 0) is 34.8 Å². The minimum Gasteiger partial charge on any atom is -0.413 e. The van der Waals surface area contributed by atoms with Crippen molar-refractivity contribution >= 4 is 8.32 Å². The SMILES string of the molecule is CC[Si](CC)(CC)O[C@@H]([C@@H](C)CO)[C@@H](C)COC(c1ccccc1)(c1ccccc1)c1ccccc1. The summed E-state index contributed by atoms with van der Waals surface area (Å²) in [4.78, 5) is 0. The van der Waals surface area contributed by atoms with E-state index in [4.69, 9.17) is 9.16 Å². The molecule has 0 heterocycles. The van der Waals surface area contributed by atoms with Gasteiger partial charge in [0.15, 0.2) is 8.32 Å². The Balaban J connectivity index is 2.04. The Hall–Kier alpha value is -2.24. The van der Waals surface area contributed by atoms with Gasteiger partial charge in [0.2, 0.25) is 0 Å². The largest absolute Gasteiger partial charge is 0.413 e. The van der Waals surface area contributed by atoms with Crippen molar-refractivity contribution in [3.63, 3.8) is 0 Å². The molecule has 4 heteroatoms. The summed E-state index contributed by atoms with van der Waals surface area (Å²) in [5, 5.41) is 10.1. The summed E-state index contributed by atoms with van der Waals surface area (Å²) >= 11 is 0. The van der Waals surface area contributed by atoms with Gasteiger partial charge in [-0.2, -0.15) is 0 Å². The lowest BCUT2D eigenvalue weighted by Crippen LogP contribution is -2.46. The van der Waals surface area contributed by atoms with Crippen LogP contribution in [0.2, 0.25) is 18.1 Å². The topological polar surface area (TPSA) is 38.7 Å². The molecule has 0 aliphatic carbocycles. The van der Waals surface area contributed by atoms with Crippen LogP contribution in [0.15, 0.2) is 91.0 Å². The van der Waals surface area contributed by atoms with Crippen molar-refractivity contribution in [2.24, 2.45) is 11.8 Å². The van der Waals surface area contributed by atoms with E-state index >= 15 is 0 Å². The highest BCUT2D eigenvalue weighted by Gasteiger charge is 2.40. The molecule has 0 fully saturated rings. The number of aliphatic hydroxyl groups is 1. The standard InChI is InChI=1S/C32H44O3Si/c1-6-36(7-2,8-3)35-31(26(4)24-33)27(5)25-34-32(28-18-12-9-13-19-28,29-20-14-10-15-21-29)30-22-16-11-17-23-30/h9-23,26-27,31,33H,6-8,24-25H2,1-5H3/t26-,27-,31-/m0/s1. The van der Waals surface area contributed by atoms with Crippen LogP contribution in [0.5, 0.6) is 0 Å². The molecule has 0 radical (unpaired) electrons. The average Bonchev–Trinajstić information content (AvgIpc) is 2.95. The molecule has 0 saturated heterocycles. The van der Waals surface area contributed by atoms with Gasteiger partial charge in [0.1, 0.15) is 5.60 Å². The van der Waals surface area contributed by atoms with E-state index in [2.05, 4.69) is 107 Å². The third-order valence-corrected chi connectivity index (χ3v) is 12.5. The lowest BCUT2D eigenvalue weighted by Gasteiger charge is -2.41. The first kappa shape index (κ1) is 28.3. The molecule has 3 aromatic carbocycles. The highest BCUT2D eigenvalue weighted by molar-refractivity contribution is 6.73.